The van der Waals surface area contributed by atoms with Gasteiger partial charge in [-0.15, -0.1) is 0 Å². The first kappa shape index (κ1) is 13.3. The zero-order valence-electron chi connectivity index (χ0n) is 10.7. The van der Waals surface area contributed by atoms with Gasteiger partial charge in [-0.2, -0.15) is 0 Å². The van der Waals surface area contributed by atoms with Gasteiger partial charge in [-0.3, -0.25) is 0 Å². The van der Waals surface area contributed by atoms with Gasteiger partial charge >= 0.3 is 0 Å². The predicted octanol–water partition coefficient (Wildman–Crippen LogP) is 1.92. The van der Waals surface area contributed by atoms with Crippen molar-refractivity contribution in [1.82, 2.24) is 0 Å². The highest BCUT2D eigenvalue weighted by molar-refractivity contribution is 5.35. The molecule has 2 unspecified atom stereocenters. The Hall–Kier alpha value is -1.10. The Kier molecular flexibility index (Phi) is 4.99. The number of benzene rings is 1. The van der Waals surface area contributed by atoms with Gasteiger partial charge in [-0.05, 0) is 18.9 Å². The molecule has 1 saturated heterocycles. The van der Waals surface area contributed by atoms with E-state index in [0.29, 0.717) is 19.0 Å². The third kappa shape index (κ3) is 3.22. The van der Waals surface area contributed by atoms with Crippen LogP contribution in [-0.2, 0) is 9.47 Å². The molecule has 100 valence electrons. The van der Waals surface area contributed by atoms with Crippen molar-refractivity contribution in [2.75, 3.05) is 26.9 Å². The molecule has 2 rings (SSSR count). The fourth-order valence-corrected chi connectivity index (χ4v) is 2.14. The van der Waals surface area contributed by atoms with Gasteiger partial charge in [0, 0.05) is 19.3 Å². The van der Waals surface area contributed by atoms with Crippen molar-refractivity contribution in [1.29, 1.82) is 0 Å². The van der Waals surface area contributed by atoms with Crippen LogP contribution in [0.25, 0.3) is 0 Å². The van der Waals surface area contributed by atoms with E-state index in [1.54, 1.807) is 7.11 Å². The van der Waals surface area contributed by atoms with Gasteiger partial charge in [0.05, 0.1) is 12.7 Å². The number of hydrogen-bond donors (Lipinski definition) is 1. The third-order valence-corrected chi connectivity index (χ3v) is 3.10. The zero-order valence-corrected chi connectivity index (χ0v) is 10.7. The van der Waals surface area contributed by atoms with Gasteiger partial charge < -0.3 is 19.3 Å². The Morgan fingerprint density at radius 2 is 2.22 bits per heavy atom. The van der Waals surface area contributed by atoms with Crippen LogP contribution in [0.15, 0.2) is 24.3 Å². The number of para-hydroxylation sites is 1. The molecule has 0 bridgehead atoms. The van der Waals surface area contributed by atoms with Gasteiger partial charge in [-0.25, -0.2) is 0 Å². The summed E-state index contributed by atoms with van der Waals surface area (Å²) >= 11 is 0. The molecule has 1 aliphatic heterocycles. The number of aliphatic hydroxyl groups excluding tert-OH is 1. The molecular formula is C14H20O4. The Morgan fingerprint density at radius 1 is 1.39 bits per heavy atom. The summed E-state index contributed by atoms with van der Waals surface area (Å²) in [5.74, 6) is 0.706. The molecule has 1 N–H and O–H groups in total. The maximum atomic E-state index is 10.3. The molecule has 0 radical (unpaired) electrons. The van der Waals surface area contributed by atoms with E-state index < -0.39 is 6.10 Å². The summed E-state index contributed by atoms with van der Waals surface area (Å²) in [7, 11) is 1.64. The monoisotopic (exact) mass is 252 g/mol. The molecule has 1 aromatic carbocycles. The fraction of sp³-hybridized carbons (Fsp3) is 0.571. The average Bonchev–Trinajstić information content (AvgIpc) is 2.93. The molecule has 1 aliphatic rings. The minimum atomic E-state index is -0.619. The molecule has 4 nitrogen and oxygen atoms in total. The molecule has 0 amide bonds. The van der Waals surface area contributed by atoms with Crippen LogP contribution in [-0.4, -0.2) is 38.1 Å². The molecule has 0 aliphatic carbocycles. The first-order valence-electron chi connectivity index (χ1n) is 6.33. The van der Waals surface area contributed by atoms with E-state index in [9.17, 15) is 5.11 Å². The van der Waals surface area contributed by atoms with Crippen LogP contribution >= 0.6 is 0 Å². The summed E-state index contributed by atoms with van der Waals surface area (Å²) in [6.07, 6.45) is 1.17. The lowest BCUT2D eigenvalue weighted by Gasteiger charge is -2.20. The van der Waals surface area contributed by atoms with Crippen LogP contribution in [0.5, 0.6) is 5.75 Å². The van der Waals surface area contributed by atoms with Gasteiger partial charge in [0.15, 0.2) is 0 Å². The fourth-order valence-electron chi connectivity index (χ4n) is 2.14. The van der Waals surface area contributed by atoms with Crippen molar-refractivity contribution in [2.24, 2.45) is 0 Å². The second-order valence-electron chi connectivity index (χ2n) is 4.38. The molecule has 18 heavy (non-hydrogen) atoms. The molecule has 0 aromatic heterocycles. The van der Waals surface area contributed by atoms with Crippen molar-refractivity contribution in [3.05, 3.63) is 29.8 Å². The smallest absolute Gasteiger partial charge is 0.125 e. The van der Waals surface area contributed by atoms with Crippen LogP contribution in [0.1, 0.15) is 24.5 Å². The number of aliphatic hydroxyl groups is 1. The van der Waals surface area contributed by atoms with Gasteiger partial charge in [-0.1, -0.05) is 18.2 Å². The van der Waals surface area contributed by atoms with E-state index in [0.717, 1.165) is 25.0 Å². The van der Waals surface area contributed by atoms with E-state index in [1.807, 2.05) is 24.3 Å². The molecular weight excluding hydrogens is 232 g/mol. The topological polar surface area (TPSA) is 47.9 Å². The summed E-state index contributed by atoms with van der Waals surface area (Å²) in [4.78, 5) is 0. The first-order chi connectivity index (χ1) is 8.83. The largest absolute Gasteiger partial charge is 0.491 e. The average molecular weight is 252 g/mol. The highest BCUT2D eigenvalue weighted by Gasteiger charge is 2.27. The second kappa shape index (κ2) is 6.73. The highest BCUT2D eigenvalue weighted by atomic mass is 16.5. The summed E-state index contributed by atoms with van der Waals surface area (Å²) in [5, 5.41) is 10.3. The predicted molar refractivity (Wildman–Crippen MR) is 67.7 cm³/mol. The third-order valence-electron chi connectivity index (χ3n) is 3.10. The summed E-state index contributed by atoms with van der Waals surface area (Å²) < 4.78 is 16.1. The van der Waals surface area contributed by atoms with E-state index in [-0.39, 0.29) is 6.10 Å². The van der Waals surface area contributed by atoms with Crippen molar-refractivity contribution in [3.8, 4) is 5.75 Å². The van der Waals surface area contributed by atoms with Gasteiger partial charge in [0.2, 0.25) is 0 Å². The van der Waals surface area contributed by atoms with Crippen molar-refractivity contribution in [2.45, 2.75) is 25.0 Å². The van der Waals surface area contributed by atoms with Crippen LogP contribution < -0.4 is 4.74 Å². The minimum absolute atomic E-state index is 0.114. The maximum Gasteiger partial charge on any atom is 0.125 e. The lowest BCUT2D eigenvalue weighted by molar-refractivity contribution is -0.00411. The van der Waals surface area contributed by atoms with Crippen molar-refractivity contribution >= 4 is 0 Å². The molecule has 1 fully saturated rings. The lowest BCUT2D eigenvalue weighted by atomic mass is 10.0. The molecule has 0 spiro atoms. The van der Waals surface area contributed by atoms with Gasteiger partial charge in [0.1, 0.15) is 18.5 Å². The molecule has 0 saturated carbocycles. The Balaban J connectivity index is 2.05. The molecule has 1 aromatic rings. The van der Waals surface area contributed by atoms with Crippen LogP contribution in [0, 0.1) is 0 Å². The van der Waals surface area contributed by atoms with E-state index in [1.165, 1.54) is 0 Å². The van der Waals surface area contributed by atoms with Crippen LogP contribution in [0.3, 0.4) is 0 Å². The molecule has 2 atom stereocenters. The minimum Gasteiger partial charge on any atom is -0.491 e. The highest BCUT2D eigenvalue weighted by Crippen LogP contribution is 2.32. The van der Waals surface area contributed by atoms with Crippen molar-refractivity contribution in [3.63, 3.8) is 0 Å². The quantitative estimate of drug-likeness (QED) is 0.786. The van der Waals surface area contributed by atoms with E-state index in [2.05, 4.69) is 0 Å². The standard InChI is InChI=1S/C14H20O4/c1-16-9-10-18-12-6-3-2-5-11(12)14(15)13-7-4-8-17-13/h2-3,5-6,13-15H,4,7-10H2,1H3. The molecule has 4 heteroatoms. The second-order valence-corrected chi connectivity index (χ2v) is 4.38. The maximum absolute atomic E-state index is 10.3. The summed E-state index contributed by atoms with van der Waals surface area (Å²) in [6.45, 7) is 1.74. The normalized spacial score (nSPS) is 20.9. The Morgan fingerprint density at radius 3 is 2.94 bits per heavy atom. The van der Waals surface area contributed by atoms with Gasteiger partial charge in [0.25, 0.3) is 0 Å². The van der Waals surface area contributed by atoms with E-state index in [4.69, 9.17) is 14.2 Å². The van der Waals surface area contributed by atoms with Crippen LogP contribution in [0.4, 0.5) is 0 Å². The molecule has 1 heterocycles. The number of rotatable bonds is 6. The Bertz CT molecular complexity index is 361. The van der Waals surface area contributed by atoms with Crippen molar-refractivity contribution < 1.29 is 19.3 Å². The number of methoxy groups -OCH3 is 1. The Labute approximate surface area is 107 Å². The number of ether oxygens (including phenoxy) is 3. The zero-order chi connectivity index (χ0) is 12.8. The lowest BCUT2D eigenvalue weighted by Crippen LogP contribution is -2.18. The first-order valence-corrected chi connectivity index (χ1v) is 6.33. The summed E-state index contributed by atoms with van der Waals surface area (Å²) in [5.41, 5.74) is 0.792. The summed E-state index contributed by atoms with van der Waals surface area (Å²) in [6, 6.07) is 7.54. The SMILES string of the molecule is COCCOc1ccccc1C(O)C1CCCO1. The van der Waals surface area contributed by atoms with E-state index >= 15 is 0 Å². The van der Waals surface area contributed by atoms with Crippen LogP contribution in [0.2, 0.25) is 0 Å². The number of hydrogen-bond acceptors (Lipinski definition) is 4.